The molecule has 1 aromatic heterocycles. The number of nitrogens with zero attached hydrogens (tertiary/aromatic N) is 1. The number of hydrogen-bond acceptors (Lipinski definition) is 2. The van der Waals surface area contributed by atoms with Crippen LogP contribution in [0.1, 0.15) is 50.0 Å². The third-order valence-corrected chi connectivity index (χ3v) is 3.56. The smallest absolute Gasteiger partial charge is 0.130 e. The Hall–Kier alpha value is -0.700. The van der Waals surface area contributed by atoms with E-state index in [9.17, 15) is 0 Å². The standard InChI is InChI=1S/C11H14N2S/c1-11(4-5-11)10-12-8(7-2-3-7)6-9(14)13-10/h6-7H,2-5H2,1H3,(H,12,13,14). The highest BCUT2D eigenvalue weighted by atomic mass is 32.1. The Labute approximate surface area is 88.8 Å². The van der Waals surface area contributed by atoms with Crippen LogP contribution in [-0.2, 0) is 5.41 Å². The SMILES string of the molecule is CC1(c2nc(=S)cc(C3CC3)[nH]2)CC1. The van der Waals surface area contributed by atoms with Gasteiger partial charge in [-0.15, -0.1) is 0 Å². The summed E-state index contributed by atoms with van der Waals surface area (Å²) in [6.07, 6.45) is 5.12. The van der Waals surface area contributed by atoms with E-state index in [1.807, 2.05) is 6.07 Å². The first-order valence-electron chi connectivity index (χ1n) is 5.29. The first-order valence-corrected chi connectivity index (χ1v) is 5.70. The van der Waals surface area contributed by atoms with Crippen LogP contribution in [0, 0.1) is 4.64 Å². The summed E-state index contributed by atoms with van der Waals surface area (Å²) in [6.45, 7) is 2.26. The summed E-state index contributed by atoms with van der Waals surface area (Å²) in [7, 11) is 0. The van der Waals surface area contributed by atoms with Gasteiger partial charge < -0.3 is 4.98 Å². The predicted molar refractivity (Wildman–Crippen MR) is 58.0 cm³/mol. The molecule has 1 aromatic rings. The van der Waals surface area contributed by atoms with E-state index in [2.05, 4.69) is 16.9 Å². The molecule has 0 radical (unpaired) electrons. The summed E-state index contributed by atoms with van der Waals surface area (Å²) in [5, 5.41) is 0. The molecule has 0 unspecified atom stereocenters. The lowest BCUT2D eigenvalue weighted by Crippen LogP contribution is -2.08. The van der Waals surface area contributed by atoms with Gasteiger partial charge in [0.05, 0.1) is 0 Å². The second kappa shape index (κ2) is 2.66. The van der Waals surface area contributed by atoms with Gasteiger partial charge in [-0.25, -0.2) is 4.98 Å². The minimum Gasteiger partial charge on any atom is -0.346 e. The Kier molecular flexibility index (Phi) is 1.63. The first-order chi connectivity index (χ1) is 6.67. The lowest BCUT2D eigenvalue weighted by Gasteiger charge is -2.09. The number of aromatic amines is 1. The normalized spacial score (nSPS) is 23.5. The highest BCUT2D eigenvalue weighted by Gasteiger charge is 2.42. The lowest BCUT2D eigenvalue weighted by molar-refractivity contribution is 0.694. The molecule has 74 valence electrons. The Balaban J connectivity index is 2.07. The Morgan fingerprint density at radius 2 is 2.21 bits per heavy atom. The molecule has 2 aliphatic carbocycles. The summed E-state index contributed by atoms with van der Waals surface area (Å²) in [5.41, 5.74) is 1.62. The van der Waals surface area contributed by atoms with E-state index in [1.54, 1.807) is 0 Å². The predicted octanol–water partition coefficient (Wildman–Crippen LogP) is 3.07. The Morgan fingerprint density at radius 3 is 2.79 bits per heavy atom. The number of rotatable bonds is 2. The number of hydrogen-bond donors (Lipinski definition) is 1. The van der Waals surface area contributed by atoms with Crippen molar-refractivity contribution in [2.45, 2.75) is 43.9 Å². The molecular formula is C11H14N2S. The molecule has 3 heteroatoms. The Morgan fingerprint density at radius 1 is 1.50 bits per heavy atom. The topological polar surface area (TPSA) is 28.7 Å². The third kappa shape index (κ3) is 1.40. The van der Waals surface area contributed by atoms with E-state index >= 15 is 0 Å². The van der Waals surface area contributed by atoms with Gasteiger partial charge in [-0.3, -0.25) is 0 Å². The molecule has 0 saturated heterocycles. The first kappa shape index (κ1) is 8.60. The van der Waals surface area contributed by atoms with Gasteiger partial charge in [0.1, 0.15) is 10.5 Å². The van der Waals surface area contributed by atoms with Crippen LogP contribution < -0.4 is 0 Å². The van der Waals surface area contributed by atoms with Crippen molar-refractivity contribution in [2.24, 2.45) is 0 Å². The fourth-order valence-electron chi connectivity index (χ4n) is 1.80. The summed E-state index contributed by atoms with van der Waals surface area (Å²) in [5.74, 6) is 1.85. The summed E-state index contributed by atoms with van der Waals surface area (Å²) in [4.78, 5) is 7.91. The van der Waals surface area contributed by atoms with E-state index in [-0.39, 0.29) is 0 Å². The third-order valence-electron chi connectivity index (χ3n) is 3.35. The zero-order valence-corrected chi connectivity index (χ0v) is 9.16. The molecule has 1 heterocycles. The monoisotopic (exact) mass is 206 g/mol. The van der Waals surface area contributed by atoms with Crippen molar-refractivity contribution in [3.63, 3.8) is 0 Å². The van der Waals surface area contributed by atoms with Crippen LogP contribution in [0.3, 0.4) is 0 Å². The van der Waals surface area contributed by atoms with E-state index in [0.29, 0.717) is 5.41 Å². The molecule has 0 amide bonds. The van der Waals surface area contributed by atoms with Gasteiger partial charge in [-0.05, 0) is 37.7 Å². The summed E-state index contributed by atoms with van der Waals surface area (Å²) in [6, 6.07) is 2.03. The highest BCUT2D eigenvalue weighted by molar-refractivity contribution is 7.71. The molecule has 0 spiro atoms. The maximum absolute atomic E-state index is 5.20. The second-order valence-electron chi connectivity index (χ2n) is 4.86. The van der Waals surface area contributed by atoms with Gasteiger partial charge in [-0.1, -0.05) is 19.1 Å². The lowest BCUT2D eigenvalue weighted by atomic mass is 10.1. The van der Waals surface area contributed by atoms with Crippen molar-refractivity contribution < 1.29 is 0 Å². The van der Waals surface area contributed by atoms with Crippen molar-refractivity contribution in [1.82, 2.24) is 9.97 Å². The average Bonchev–Trinajstić information content (AvgIpc) is 2.97. The van der Waals surface area contributed by atoms with Crippen LogP contribution >= 0.6 is 12.2 Å². The molecule has 0 aromatic carbocycles. The number of H-pyrrole nitrogens is 1. The molecule has 3 rings (SSSR count). The van der Waals surface area contributed by atoms with E-state index < -0.39 is 0 Å². The molecule has 0 bridgehead atoms. The molecule has 2 aliphatic rings. The van der Waals surface area contributed by atoms with Crippen LogP contribution in [0.5, 0.6) is 0 Å². The Bertz CT molecular complexity index is 427. The zero-order chi connectivity index (χ0) is 9.76. The van der Waals surface area contributed by atoms with E-state index in [1.165, 1.54) is 31.4 Å². The average molecular weight is 206 g/mol. The van der Waals surface area contributed by atoms with E-state index in [4.69, 9.17) is 12.2 Å². The molecular weight excluding hydrogens is 192 g/mol. The van der Waals surface area contributed by atoms with Gasteiger partial charge in [0.25, 0.3) is 0 Å². The van der Waals surface area contributed by atoms with Crippen molar-refractivity contribution in [2.75, 3.05) is 0 Å². The van der Waals surface area contributed by atoms with Crippen molar-refractivity contribution >= 4 is 12.2 Å². The molecule has 0 atom stereocenters. The maximum atomic E-state index is 5.20. The summed E-state index contributed by atoms with van der Waals surface area (Å²) < 4.78 is 0.758. The molecule has 1 N–H and O–H groups in total. The van der Waals surface area contributed by atoms with Crippen LogP contribution in [0.4, 0.5) is 0 Å². The molecule has 2 saturated carbocycles. The molecule has 2 fully saturated rings. The van der Waals surface area contributed by atoms with Crippen LogP contribution in [0.15, 0.2) is 6.07 Å². The number of nitrogens with one attached hydrogen (secondary N) is 1. The highest BCUT2D eigenvalue weighted by Crippen LogP contribution is 2.47. The molecule has 0 aliphatic heterocycles. The van der Waals surface area contributed by atoms with Gasteiger partial charge in [0.2, 0.25) is 0 Å². The van der Waals surface area contributed by atoms with Gasteiger partial charge in [-0.2, -0.15) is 0 Å². The van der Waals surface area contributed by atoms with Crippen molar-refractivity contribution in [3.05, 3.63) is 22.2 Å². The van der Waals surface area contributed by atoms with Crippen molar-refractivity contribution in [1.29, 1.82) is 0 Å². The minimum atomic E-state index is 0.304. The quantitative estimate of drug-likeness (QED) is 0.753. The fraction of sp³-hybridized carbons (Fsp3) is 0.636. The van der Waals surface area contributed by atoms with Crippen LogP contribution in [0.2, 0.25) is 0 Å². The zero-order valence-electron chi connectivity index (χ0n) is 8.34. The van der Waals surface area contributed by atoms with Gasteiger partial charge in [0.15, 0.2) is 0 Å². The molecule has 2 nitrogen and oxygen atoms in total. The van der Waals surface area contributed by atoms with Crippen LogP contribution in [0.25, 0.3) is 0 Å². The van der Waals surface area contributed by atoms with Gasteiger partial charge in [0, 0.05) is 11.1 Å². The van der Waals surface area contributed by atoms with Gasteiger partial charge >= 0.3 is 0 Å². The maximum Gasteiger partial charge on any atom is 0.130 e. The second-order valence-corrected chi connectivity index (χ2v) is 5.28. The minimum absolute atomic E-state index is 0.304. The summed E-state index contributed by atoms with van der Waals surface area (Å²) >= 11 is 5.20. The van der Waals surface area contributed by atoms with Crippen molar-refractivity contribution in [3.8, 4) is 0 Å². The molecule has 14 heavy (non-hydrogen) atoms. The number of aromatic nitrogens is 2. The largest absolute Gasteiger partial charge is 0.346 e. The van der Waals surface area contributed by atoms with Crippen LogP contribution in [-0.4, -0.2) is 9.97 Å². The fourth-order valence-corrected chi connectivity index (χ4v) is 2.02. The van der Waals surface area contributed by atoms with E-state index in [0.717, 1.165) is 16.4 Å².